The van der Waals surface area contributed by atoms with Crippen LogP contribution in [0.1, 0.15) is 20.7 Å². The lowest BCUT2D eigenvalue weighted by Gasteiger charge is -2.01. The second-order valence-electron chi connectivity index (χ2n) is 2.71. The van der Waals surface area contributed by atoms with Gasteiger partial charge in [0.15, 0.2) is 0 Å². The molecule has 2 N–H and O–H groups in total. The van der Waals surface area contributed by atoms with Crippen molar-refractivity contribution in [2.45, 2.75) is 0 Å². The number of carboxylic acids is 1. The smallest absolute Gasteiger partial charge is 0.335 e. The monoisotopic (exact) mass is 206 g/mol. The lowest BCUT2D eigenvalue weighted by molar-refractivity contribution is 0.0696. The second-order valence-corrected chi connectivity index (χ2v) is 2.71. The molecule has 0 heterocycles. The first kappa shape index (κ1) is 10.9. The van der Waals surface area contributed by atoms with Crippen molar-refractivity contribution in [3.63, 3.8) is 0 Å². The number of carbonyl (C=O) groups excluding carboxylic acids is 2. The minimum absolute atomic E-state index is 0.105. The van der Waals surface area contributed by atoms with Crippen LogP contribution in [0.4, 0.5) is 0 Å². The van der Waals surface area contributed by atoms with Gasteiger partial charge in [-0.1, -0.05) is 0 Å². The van der Waals surface area contributed by atoms with Gasteiger partial charge in [-0.05, 0) is 24.3 Å². The molecule has 0 bridgehead atoms. The molecule has 0 atom stereocenters. The summed E-state index contributed by atoms with van der Waals surface area (Å²) in [5.41, 5.74) is 0.406. The molecule has 0 spiro atoms. The predicted molar refractivity (Wildman–Crippen MR) is 51.4 cm³/mol. The molecule has 15 heavy (non-hydrogen) atoms. The molecule has 5 heteroatoms. The fraction of sp³-hybridized carbons (Fsp3) is 0.100. The van der Waals surface area contributed by atoms with E-state index >= 15 is 0 Å². The molecule has 1 rings (SSSR count). The fourth-order valence-corrected chi connectivity index (χ4v) is 0.983. The number of hydrogen-bond donors (Lipinski definition) is 2. The lowest BCUT2D eigenvalue weighted by Crippen LogP contribution is -2.25. The molecule has 0 aliphatic rings. The minimum atomic E-state index is -1.05. The molecule has 1 radical (unpaired) electrons. The summed E-state index contributed by atoms with van der Waals surface area (Å²) in [4.78, 5) is 31.6. The number of carbonyl (C=O) groups is 2. The van der Waals surface area contributed by atoms with E-state index in [0.29, 0.717) is 5.56 Å². The predicted octanol–water partition coefficient (Wildman–Crippen LogP) is 0.224. The van der Waals surface area contributed by atoms with Crippen LogP contribution in [0, 0.1) is 0 Å². The molecule has 0 fully saturated rings. The molecule has 0 saturated heterocycles. The van der Waals surface area contributed by atoms with Crippen molar-refractivity contribution in [3.8, 4) is 0 Å². The molecule has 0 aliphatic carbocycles. The minimum Gasteiger partial charge on any atom is -0.478 e. The van der Waals surface area contributed by atoms with Gasteiger partial charge in [-0.15, -0.1) is 0 Å². The zero-order chi connectivity index (χ0) is 11.3. The standard InChI is InChI=1S/C10H8NO4/c12-6-5-11-9(13)7-1-3-8(4-2-7)10(14)15/h1-4H,5H2,(H,11,13)(H,14,15). The van der Waals surface area contributed by atoms with Gasteiger partial charge in [-0.25, -0.2) is 4.79 Å². The Balaban J connectivity index is 2.75. The van der Waals surface area contributed by atoms with Gasteiger partial charge in [0.25, 0.3) is 5.91 Å². The van der Waals surface area contributed by atoms with Crippen molar-refractivity contribution < 1.29 is 19.5 Å². The van der Waals surface area contributed by atoms with Crippen molar-refractivity contribution in [1.29, 1.82) is 0 Å². The SMILES string of the molecule is O=[C]CNC(=O)c1ccc(C(=O)O)cc1. The molecule has 0 aliphatic heterocycles. The summed E-state index contributed by atoms with van der Waals surface area (Å²) in [7, 11) is 0. The Hall–Kier alpha value is -2.17. The third-order valence-corrected chi connectivity index (χ3v) is 1.72. The van der Waals surface area contributed by atoms with Crippen LogP contribution in [0.25, 0.3) is 0 Å². The fourth-order valence-electron chi connectivity index (χ4n) is 0.983. The third kappa shape index (κ3) is 2.91. The van der Waals surface area contributed by atoms with E-state index in [0.717, 1.165) is 0 Å². The molecule has 1 aromatic rings. The Morgan fingerprint density at radius 3 is 2.20 bits per heavy atom. The van der Waals surface area contributed by atoms with Crippen LogP contribution in [0.15, 0.2) is 24.3 Å². The van der Waals surface area contributed by atoms with Gasteiger partial charge < -0.3 is 10.4 Å². The highest BCUT2D eigenvalue weighted by Crippen LogP contribution is 2.04. The van der Waals surface area contributed by atoms with Crippen LogP contribution in [-0.2, 0) is 4.79 Å². The van der Waals surface area contributed by atoms with E-state index < -0.39 is 11.9 Å². The van der Waals surface area contributed by atoms with E-state index in [1.807, 2.05) is 0 Å². The summed E-state index contributed by atoms with van der Waals surface area (Å²) >= 11 is 0. The van der Waals surface area contributed by atoms with Crippen molar-refractivity contribution in [3.05, 3.63) is 35.4 Å². The van der Waals surface area contributed by atoms with Crippen molar-refractivity contribution >= 4 is 18.2 Å². The molecule has 0 aromatic heterocycles. The normalized spacial score (nSPS) is 9.33. The first-order valence-electron chi connectivity index (χ1n) is 4.11. The van der Waals surface area contributed by atoms with Crippen LogP contribution in [-0.4, -0.2) is 29.8 Å². The molecule has 0 saturated carbocycles. The zero-order valence-electron chi connectivity index (χ0n) is 7.69. The Kier molecular flexibility index (Phi) is 3.56. The van der Waals surface area contributed by atoms with E-state index in [1.165, 1.54) is 30.6 Å². The Bertz CT molecular complexity index is 383. The molecule has 77 valence electrons. The third-order valence-electron chi connectivity index (χ3n) is 1.72. The molecule has 0 unspecified atom stereocenters. The maximum atomic E-state index is 11.2. The van der Waals surface area contributed by atoms with E-state index in [4.69, 9.17) is 5.11 Å². The molecule has 1 aromatic carbocycles. The van der Waals surface area contributed by atoms with Gasteiger partial charge in [0.05, 0.1) is 12.1 Å². The van der Waals surface area contributed by atoms with Gasteiger partial charge in [0.2, 0.25) is 6.29 Å². The highest BCUT2D eigenvalue weighted by Gasteiger charge is 2.06. The van der Waals surface area contributed by atoms with E-state index in [1.54, 1.807) is 0 Å². The van der Waals surface area contributed by atoms with E-state index in [9.17, 15) is 14.4 Å². The summed E-state index contributed by atoms with van der Waals surface area (Å²) in [6, 6.07) is 5.40. The Morgan fingerprint density at radius 2 is 1.73 bits per heavy atom. The average molecular weight is 206 g/mol. The first-order chi connectivity index (χ1) is 7.15. The molecular weight excluding hydrogens is 198 g/mol. The Labute approximate surface area is 85.7 Å². The lowest BCUT2D eigenvalue weighted by atomic mass is 10.1. The topological polar surface area (TPSA) is 83.5 Å². The molecular formula is C10H8NO4. The van der Waals surface area contributed by atoms with Crippen LogP contribution < -0.4 is 5.32 Å². The number of amides is 1. The van der Waals surface area contributed by atoms with Gasteiger partial charge in [-0.3, -0.25) is 9.59 Å². The van der Waals surface area contributed by atoms with Crippen LogP contribution >= 0.6 is 0 Å². The van der Waals surface area contributed by atoms with Gasteiger partial charge >= 0.3 is 5.97 Å². The van der Waals surface area contributed by atoms with Gasteiger partial charge in [0, 0.05) is 5.56 Å². The first-order valence-corrected chi connectivity index (χ1v) is 4.11. The summed E-state index contributed by atoms with van der Waals surface area (Å²) < 4.78 is 0. The van der Waals surface area contributed by atoms with Crippen molar-refractivity contribution in [2.75, 3.05) is 6.54 Å². The van der Waals surface area contributed by atoms with Crippen molar-refractivity contribution in [1.82, 2.24) is 5.32 Å². The zero-order valence-corrected chi connectivity index (χ0v) is 7.69. The number of benzene rings is 1. The highest BCUT2D eigenvalue weighted by atomic mass is 16.4. The Morgan fingerprint density at radius 1 is 1.20 bits per heavy atom. The number of rotatable bonds is 4. The summed E-state index contributed by atoms with van der Waals surface area (Å²) in [6.07, 6.45) is 1.52. The molecule has 5 nitrogen and oxygen atoms in total. The number of nitrogens with one attached hydrogen (secondary N) is 1. The van der Waals surface area contributed by atoms with E-state index in [-0.39, 0.29) is 12.1 Å². The average Bonchev–Trinajstić information content (AvgIpc) is 2.26. The number of hydrogen-bond acceptors (Lipinski definition) is 3. The maximum absolute atomic E-state index is 11.2. The highest BCUT2D eigenvalue weighted by molar-refractivity contribution is 5.96. The molecule has 1 amide bonds. The summed E-state index contributed by atoms with van der Waals surface area (Å²) in [5.74, 6) is -1.49. The maximum Gasteiger partial charge on any atom is 0.335 e. The van der Waals surface area contributed by atoms with Crippen LogP contribution in [0.2, 0.25) is 0 Å². The van der Waals surface area contributed by atoms with E-state index in [2.05, 4.69) is 5.32 Å². The van der Waals surface area contributed by atoms with Crippen molar-refractivity contribution in [2.24, 2.45) is 0 Å². The quantitative estimate of drug-likeness (QED) is 0.738. The van der Waals surface area contributed by atoms with Gasteiger partial charge in [-0.2, -0.15) is 0 Å². The number of aromatic carboxylic acids is 1. The second kappa shape index (κ2) is 4.90. The number of carboxylic acid groups (broad SMARTS) is 1. The van der Waals surface area contributed by atoms with Crippen LogP contribution in [0.5, 0.6) is 0 Å². The summed E-state index contributed by atoms with van der Waals surface area (Å²) in [6.45, 7) is -0.181. The largest absolute Gasteiger partial charge is 0.478 e. The summed E-state index contributed by atoms with van der Waals surface area (Å²) in [5, 5.41) is 10.9. The van der Waals surface area contributed by atoms with Gasteiger partial charge in [0.1, 0.15) is 0 Å². The van der Waals surface area contributed by atoms with Crippen LogP contribution in [0.3, 0.4) is 0 Å².